The first-order chi connectivity index (χ1) is 9.59. The average molecular weight is 272 g/mol. The van der Waals surface area contributed by atoms with Gasteiger partial charge in [0.1, 0.15) is 5.69 Å². The molecule has 0 radical (unpaired) electrons. The average Bonchev–Trinajstić information content (AvgIpc) is 2.90. The summed E-state index contributed by atoms with van der Waals surface area (Å²) in [5.41, 5.74) is 3.28. The Balaban J connectivity index is 2.01. The standard InChI is InChI=1S/C14H20N6/c1-4-15-10-5-14(2,3)6-11-9(10)7-16-13(18-11)12-8-17-20-19-12/h7-8,10,15H,4-6H2,1-3H3,(H,17,19,20). The molecule has 1 atom stereocenters. The number of aromatic nitrogens is 5. The number of rotatable bonds is 3. The lowest BCUT2D eigenvalue weighted by Gasteiger charge is -2.36. The lowest BCUT2D eigenvalue weighted by molar-refractivity contribution is 0.255. The number of fused-ring (bicyclic) bond motifs is 1. The Kier molecular flexibility index (Phi) is 3.25. The van der Waals surface area contributed by atoms with Crippen molar-refractivity contribution in [2.24, 2.45) is 5.41 Å². The Morgan fingerprint density at radius 2 is 2.25 bits per heavy atom. The highest BCUT2D eigenvalue weighted by atomic mass is 15.3. The minimum atomic E-state index is 0.245. The molecule has 2 aromatic rings. The molecule has 3 rings (SSSR count). The zero-order chi connectivity index (χ0) is 14.2. The van der Waals surface area contributed by atoms with Gasteiger partial charge in [-0.25, -0.2) is 9.97 Å². The molecule has 106 valence electrons. The normalized spacial score (nSPS) is 20.6. The van der Waals surface area contributed by atoms with Gasteiger partial charge in [0.2, 0.25) is 0 Å². The zero-order valence-electron chi connectivity index (χ0n) is 12.1. The molecule has 1 aliphatic rings. The monoisotopic (exact) mass is 272 g/mol. The van der Waals surface area contributed by atoms with Gasteiger partial charge in [0.25, 0.3) is 0 Å². The number of hydrogen-bond acceptors (Lipinski definition) is 5. The number of nitrogens with zero attached hydrogens (tertiary/aromatic N) is 4. The number of hydrogen-bond donors (Lipinski definition) is 2. The second-order valence-electron chi connectivity index (χ2n) is 6.11. The quantitative estimate of drug-likeness (QED) is 0.892. The summed E-state index contributed by atoms with van der Waals surface area (Å²) >= 11 is 0. The number of aromatic amines is 1. The molecule has 0 bridgehead atoms. The summed E-state index contributed by atoms with van der Waals surface area (Å²) in [6.07, 6.45) is 5.67. The summed E-state index contributed by atoms with van der Waals surface area (Å²) in [7, 11) is 0. The predicted octanol–water partition coefficient (Wildman–Crippen LogP) is 1.88. The lowest BCUT2D eigenvalue weighted by Crippen LogP contribution is -2.34. The maximum atomic E-state index is 4.71. The number of H-pyrrole nitrogens is 1. The van der Waals surface area contributed by atoms with E-state index in [0.29, 0.717) is 17.6 Å². The van der Waals surface area contributed by atoms with Gasteiger partial charge in [-0.3, -0.25) is 0 Å². The SMILES string of the molecule is CCNC1CC(C)(C)Cc2nc(-c3cn[nH]n3)ncc21. The molecule has 20 heavy (non-hydrogen) atoms. The van der Waals surface area contributed by atoms with Crippen LogP contribution in [0, 0.1) is 5.41 Å². The summed E-state index contributed by atoms with van der Waals surface area (Å²) < 4.78 is 0. The van der Waals surface area contributed by atoms with E-state index >= 15 is 0 Å². The van der Waals surface area contributed by atoms with Crippen molar-refractivity contribution in [1.82, 2.24) is 30.7 Å². The maximum absolute atomic E-state index is 4.71. The van der Waals surface area contributed by atoms with Gasteiger partial charge in [0, 0.05) is 23.5 Å². The first-order valence-corrected chi connectivity index (χ1v) is 7.04. The largest absolute Gasteiger partial charge is 0.310 e. The van der Waals surface area contributed by atoms with Crippen molar-refractivity contribution in [2.75, 3.05) is 6.54 Å². The van der Waals surface area contributed by atoms with E-state index in [1.807, 2.05) is 6.20 Å². The molecule has 6 heteroatoms. The first-order valence-electron chi connectivity index (χ1n) is 7.04. The van der Waals surface area contributed by atoms with E-state index in [9.17, 15) is 0 Å². The van der Waals surface area contributed by atoms with Gasteiger partial charge in [0.05, 0.1) is 6.20 Å². The second kappa shape index (κ2) is 4.94. The Morgan fingerprint density at radius 1 is 1.40 bits per heavy atom. The van der Waals surface area contributed by atoms with Gasteiger partial charge in [-0.05, 0) is 24.8 Å². The van der Waals surface area contributed by atoms with Gasteiger partial charge < -0.3 is 5.32 Å². The van der Waals surface area contributed by atoms with Crippen LogP contribution in [-0.4, -0.2) is 31.9 Å². The molecule has 2 N–H and O–H groups in total. The highest BCUT2D eigenvalue weighted by molar-refractivity contribution is 5.47. The van der Waals surface area contributed by atoms with Crippen molar-refractivity contribution in [3.8, 4) is 11.5 Å². The fourth-order valence-corrected chi connectivity index (χ4v) is 2.91. The third-order valence-corrected chi connectivity index (χ3v) is 3.77. The van der Waals surface area contributed by atoms with E-state index in [2.05, 4.69) is 46.5 Å². The molecule has 1 aliphatic carbocycles. The Morgan fingerprint density at radius 3 is 2.95 bits per heavy atom. The highest BCUT2D eigenvalue weighted by Gasteiger charge is 2.33. The van der Waals surface area contributed by atoms with Crippen LogP contribution < -0.4 is 5.32 Å². The summed E-state index contributed by atoms with van der Waals surface area (Å²) in [6, 6.07) is 0.338. The highest BCUT2D eigenvalue weighted by Crippen LogP contribution is 2.39. The second-order valence-corrected chi connectivity index (χ2v) is 6.11. The lowest BCUT2D eigenvalue weighted by atomic mass is 9.74. The van der Waals surface area contributed by atoms with E-state index in [0.717, 1.165) is 25.1 Å². The van der Waals surface area contributed by atoms with Crippen LogP contribution in [0.1, 0.15) is 44.5 Å². The molecule has 0 fully saturated rings. The summed E-state index contributed by atoms with van der Waals surface area (Å²) in [5, 5.41) is 14.0. The molecule has 0 aromatic carbocycles. The van der Waals surface area contributed by atoms with Gasteiger partial charge in [-0.15, -0.1) is 0 Å². The van der Waals surface area contributed by atoms with Crippen molar-refractivity contribution < 1.29 is 0 Å². The van der Waals surface area contributed by atoms with E-state index in [4.69, 9.17) is 4.98 Å². The molecule has 0 saturated heterocycles. The van der Waals surface area contributed by atoms with Crippen molar-refractivity contribution in [3.05, 3.63) is 23.7 Å². The molecule has 1 unspecified atom stereocenters. The minimum absolute atomic E-state index is 0.245. The van der Waals surface area contributed by atoms with Gasteiger partial charge in [0.15, 0.2) is 5.82 Å². The van der Waals surface area contributed by atoms with Crippen molar-refractivity contribution in [1.29, 1.82) is 0 Å². The van der Waals surface area contributed by atoms with Crippen LogP contribution in [0.2, 0.25) is 0 Å². The smallest absolute Gasteiger partial charge is 0.181 e. The molecule has 0 aliphatic heterocycles. The summed E-state index contributed by atoms with van der Waals surface area (Å²) in [6.45, 7) is 7.66. The van der Waals surface area contributed by atoms with Gasteiger partial charge in [-0.2, -0.15) is 15.4 Å². The Hall–Kier alpha value is -1.82. The van der Waals surface area contributed by atoms with Crippen LogP contribution in [0.25, 0.3) is 11.5 Å². The maximum Gasteiger partial charge on any atom is 0.181 e. The predicted molar refractivity (Wildman–Crippen MR) is 75.9 cm³/mol. The summed E-state index contributed by atoms with van der Waals surface area (Å²) in [5.74, 6) is 0.644. The van der Waals surface area contributed by atoms with Crippen LogP contribution in [0.5, 0.6) is 0 Å². The Labute approximate surface area is 118 Å². The van der Waals surface area contributed by atoms with Crippen LogP contribution >= 0.6 is 0 Å². The number of nitrogens with one attached hydrogen (secondary N) is 2. The van der Waals surface area contributed by atoms with Crippen molar-refractivity contribution in [3.63, 3.8) is 0 Å². The fraction of sp³-hybridized carbons (Fsp3) is 0.571. The van der Waals surface area contributed by atoms with E-state index < -0.39 is 0 Å². The third-order valence-electron chi connectivity index (χ3n) is 3.77. The van der Waals surface area contributed by atoms with Crippen molar-refractivity contribution in [2.45, 2.75) is 39.7 Å². The molecule has 0 saturated carbocycles. The topological polar surface area (TPSA) is 79.4 Å². The molecule has 0 spiro atoms. The van der Waals surface area contributed by atoms with Gasteiger partial charge in [-0.1, -0.05) is 20.8 Å². The molecule has 6 nitrogen and oxygen atoms in total. The van der Waals surface area contributed by atoms with Crippen LogP contribution in [-0.2, 0) is 6.42 Å². The summed E-state index contributed by atoms with van der Waals surface area (Å²) in [4.78, 5) is 9.15. The first kappa shape index (κ1) is 13.2. The molecular formula is C14H20N6. The van der Waals surface area contributed by atoms with E-state index in [1.165, 1.54) is 5.56 Å². The molecule has 2 heterocycles. The van der Waals surface area contributed by atoms with Crippen molar-refractivity contribution >= 4 is 0 Å². The van der Waals surface area contributed by atoms with Crippen LogP contribution in [0.3, 0.4) is 0 Å². The van der Waals surface area contributed by atoms with Crippen LogP contribution in [0.4, 0.5) is 0 Å². The molecular weight excluding hydrogens is 252 g/mol. The third kappa shape index (κ3) is 2.43. The molecule has 2 aromatic heterocycles. The van der Waals surface area contributed by atoms with Crippen LogP contribution in [0.15, 0.2) is 12.4 Å². The molecule has 0 amide bonds. The zero-order valence-corrected chi connectivity index (χ0v) is 12.1. The fourth-order valence-electron chi connectivity index (χ4n) is 2.91. The van der Waals surface area contributed by atoms with E-state index in [-0.39, 0.29) is 5.41 Å². The van der Waals surface area contributed by atoms with E-state index in [1.54, 1.807) is 6.20 Å². The minimum Gasteiger partial charge on any atom is -0.310 e. The Bertz CT molecular complexity index is 590. The van der Waals surface area contributed by atoms with Gasteiger partial charge >= 0.3 is 0 Å².